The van der Waals surface area contributed by atoms with Gasteiger partial charge in [0.05, 0.1) is 25.8 Å². The first-order chi connectivity index (χ1) is 11.6. The van der Waals surface area contributed by atoms with Gasteiger partial charge in [0.15, 0.2) is 0 Å². The van der Waals surface area contributed by atoms with E-state index in [-0.39, 0.29) is 12.3 Å². The molecule has 0 heterocycles. The Balaban J connectivity index is 1.91. The fourth-order valence-corrected chi connectivity index (χ4v) is 2.14. The predicted molar refractivity (Wildman–Crippen MR) is 94.7 cm³/mol. The largest absolute Gasteiger partial charge is 0.497 e. The zero-order valence-electron chi connectivity index (χ0n) is 14.2. The van der Waals surface area contributed by atoms with E-state index in [1.165, 1.54) is 0 Å². The monoisotopic (exact) mass is 326 g/mol. The second kappa shape index (κ2) is 8.72. The van der Waals surface area contributed by atoms with Gasteiger partial charge in [0, 0.05) is 0 Å². The van der Waals surface area contributed by atoms with Crippen LogP contribution in [0.15, 0.2) is 53.6 Å². The van der Waals surface area contributed by atoms with Crippen molar-refractivity contribution >= 4 is 11.6 Å². The summed E-state index contributed by atoms with van der Waals surface area (Å²) in [5.74, 6) is 1.42. The van der Waals surface area contributed by atoms with Gasteiger partial charge in [-0.05, 0) is 61.4 Å². The molecule has 2 aromatic carbocycles. The summed E-state index contributed by atoms with van der Waals surface area (Å²) in [7, 11) is 1.61. The smallest absolute Gasteiger partial charge is 0.244 e. The number of nitrogens with one attached hydrogen (secondary N) is 1. The van der Waals surface area contributed by atoms with Crippen molar-refractivity contribution in [3.63, 3.8) is 0 Å². The van der Waals surface area contributed by atoms with Gasteiger partial charge in [0.2, 0.25) is 5.91 Å². The van der Waals surface area contributed by atoms with Crippen LogP contribution in [0.3, 0.4) is 0 Å². The Morgan fingerprint density at radius 2 is 1.67 bits per heavy atom. The summed E-state index contributed by atoms with van der Waals surface area (Å²) in [5, 5.41) is 4.15. The van der Waals surface area contributed by atoms with E-state index in [0.717, 1.165) is 28.3 Å². The van der Waals surface area contributed by atoms with Crippen molar-refractivity contribution < 1.29 is 14.3 Å². The second-order valence-electron chi connectivity index (χ2n) is 5.21. The maximum absolute atomic E-state index is 12.0. The summed E-state index contributed by atoms with van der Waals surface area (Å²) in [6.07, 6.45) is 0.268. The number of hydrogen-bond acceptors (Lipinski definition) is 4. The number of hydrazone groups is 1. The molecule has 0 radical (unpaired) electrons. The van der Waals surface area contributed by atoms with Crippen LogP contribution in [-0.4, -0.2) is 25.3 Å². The van der Waals surface area contributed by atoms with Crippen LogP contribution in [0.1, 0.15) is 25.0 Å². The first-order valence-corrected chi connectivity index (χ1v) is 7.81. The molecule has 2 aromatic rings. The summed E-state index contributed by atoms with van der Waals surface area (Å²) in [4.78, 5) is 12.0. The standard InChI is InChI=1S/C19H22N2O3/c1-4-24-18-11-7-16(8-12-18)14(2)20-21-19(22)13-15-5-9-17(23-3)10-6-15/h5-12H,4,13H2,1-3H3,(H,21,22)/b20-14+. The summed E-state index contributed by atoms with van der Waals surface area (Å²) in [5.41, 5.74) is 5.16. The number of benzene rings is 2. The molecule has 5 heteroatoms. The van der Waals surface area contributed by atoms with Crippen LogP contribution < -0.4 is 14.9 Å². The van der Waals surface area contributed by atoms with Crippen molar-refractivity contribution in [1.82, 2.24) is 5.43 Å². The Kier molecular flexibility index (Phi) is 6.37. The lowest BCUT2D eigenvalue weighted by Crippen LogP contribution is -2.21. The molecule has 0 aliphatic heterocycles. The molecule has 24 heavy (non-hydrogen) atoms. The van der Waals surface area contributed by atoms with Gasteiger partial charge >= 0.3 is 0 Å². The number of nitrogens with zero attached hydrogens (tertiary/aromatic N) is 1. The van der Waals surface area contributed by atoms with Gasteiger partial charge in [-0.2, -0.15) is 5.10 Å². The molecular formula is C19H22N2O3. The van der Waals surface area contributed by atoms with E-state index >= 15 is 0 Å². The normalized spacial score (nSPS) is 11.0. The molecule has 2 rings (SSSR count). The van der Waals surface area contributed by atoms with Crippen LogP contribution in [0.25, 0.3) is 0 Å². The average molecular weight is 326 g/mol. The van der Waals surface area contributed by atoms with Gasteiger partial charge in [0.25, 0.3) is 0 Å². The third-order valence-corrected chi connectivity index (χ3v) is 3.46. The molecule has 0 saturated carbocycles. The van der Waals surface area contributed by atoms with Gasteiger partial charge < -0.3 is 9.47 Å². The van der Waals surface area contributed by atoms with Crippen molar-refractivity contribution in [3.8, 4) is 11.5 Å². The molecule has 0 unspecified atom stereocenters. The first kappa shape index (κ1) is 17.5. The maximum atomic E-state index is 12.0. The molecule has 5 nitrogen and oxygen atoms in total. The Labute approximate surface area is 142 Å². The van der Waals surface area contributed by atoms with Crippen LogP contribution in [-0.2, 0) is 11.2 Å². The van der Waals surface area contributed by atoms with Crippen LogP contribution in [0.5, 0.6) is 11.5 Å². The lowest BCUT2D eigenvalue weighted by molar-refractivity contribution is -0.120. The molecule has 0 fully saturated rings. The number of methoxy groups -OCH3 is 1. The van der Waals surface area contributed by atoms with Crippen molar-refractivity contribution in [2.24, 2.45) is 5.10 Å². The highest BCUT2D eigenvalue weighted by molar-refractivity contribution is 5.99. The van der Waals surface area contributed by atoms with Crippen LogP contribution in [0.4, 0.5) is 0 Å². The Morgan fingerprint density at radius 1 is 1.04 bits per heavy atom. The quantitative estimate of drug-likeness (QED) is 0.628. The van der Waals surface area contributed by atoms with Gasteiger partial charge in [-0.15, -0.1) is 0 Å². The van der Waals surface area contributed by atoms with Crippen molar-refractivity contribution in [1.29, 1.82) is 0 Å². The van der Waals surface area contributed by atoms with Crippen molar-refractivity contribution in [3.05, 3.63) is 59.7 Å². The molecule has 126 valence electrons. The zero-order valence-corrected chi connectivity index (χ0v) is 14.2. The van der Waals surface area contributed by atoms with E-state index in [2.05, 4.69) is 10.5 Å². The van der Waals surface area contributed by atoms with E-state index in [4.69, 9.17) is 9.47 Å². The Bertz CT molecular complexity index is 692. The first-order valence-electron chi connectivity index (χ1n) is 7.81. The number of ether oxygens (including phenoxy) is 2. The summed E-state index contributed by atoms with van der Waals surface area (Å²) < 4.78 is 10.5. The number of rotatable bonds is 7. The lowest BCUT2D eigenvalue weighted by Gasteiger charge is -2.06. The molecule has 0 spiro atoms. The average Bonchev–Trinajstić information content (AvgIpc) is 2.61. The lowest BCUT2D eigenvalue weighted by atomic mass is 10.1. The van der Waals surface area contributed by atoms with Crippen LogP contribution >= 0.6 is 0 Å². The van der Waals surface area contributed by atoms with Gasteiger partial charge in [-0.25, -0.2) is 5.43 Å². The molecule has 0 aliphatic carbocycles. The van der Waals surface area contributed by atoms with E-state index < -0.39 is 0 Å². The fourth-order valence-electron chi connectivity index (χ4n) is 2.14. The number of carbonyl (C=O) groups is 1. The third-order valence-electron chi connectivity index (χ3n) is 3.46. The van der Waals surface area contributed by atoms with Gasteiger partial charge in [0.1, 0.15) is 11.5 Å². The van der Waals surface area contributed by atoms with E-state index in [1.807, 2.05) is 62.4 Å². The molecule has 0 bridgehead atoms. The fraction of sp³-hybridized carbons (Fsp3) is 0.263. The molecule has 1 N–H and O–H groups in total. The topological polar surface area (TPSA) is 59.9 Å². The summed E-state index contributed by atoms with van der Waals surface area (Å²) in [6.45, 7) is 4.43. The van der Waals surface area contributed by atoms with Crippen LogP contribution in [0.2, 0.25) is 0 Å². The Morgan fingerprint density at radius 3 is 2.25 bits per heavy atom. The zero-order chi connectivity index (χ0) is 17.4. The van der Waals surface area contributed by atoms with Crippen molar-refractivity contribution in [2.75, 3.05) is 13.7 Å². The molecule has 1 amide bonds. The highest BCUT2D eigenvalue weighted by atomic mass is 16.5. The number of carbonyl (C=O) groups excluding carboxylic acids is 1. The molecule has 0 atom stereocenters. The minimum atomic E-state index is -0.162. The molecular weight excluding hydrogens is 304 g/mol. The van der Waals surface area contributed by atoms with Crippen LogP contribution in [0, 0.1) is 0 Å². The van der Waals surface area contributed by atoms with E-state index in [0.29, 0.717) is 6.61 Å². The highest BCUT2D eigenvalue weighted by Gasteiger charge is 2.04. The Hall–Kier alpha value is -2.82. The molecule has 0 aliphatic rings. The van der Waals surface area contributed by atoms with Crippen molar-refractivity contribution in [2.45, 2.75) is 20.3 Å². The maximum Gasteiger partial charge on any atom is 0.244 e. The van der Waals surface area contributed by atoms with Gasteiger partial charge in [-0.1, -0.05) is 12.1 Å². The van der Waals surface area contributed by atoms with E-state index in [1.54, 1.807) is 7.11 Å². The SMILES string of the molecule is CCOc1ccc(/C(C)=N/NC(=O)Cc2ccc(OC)cc2)cc1. The summed E-state index contributed by atoms with van der Waals surface area (Å²) in [6, 6.07) is 15.0. The molecule has 0 saturated heterocycles. The van der Waals surface area contributed by atoms with E-state index in [9.17, 15) is 4.79 Å². The minimum Gasteiger partial charge on any atom is -0.497 e. The molecule has 0 aromatic heterocycles. The minimum absolute atomic E-state index is 0.162. The predicted octanol–water partition coefficient (Wildman–Crippen LogP) is 3.18. The number of amides is 1. The third kappa shape index (κ3) is 5.12. The highest BCUT2D eigenvalue weighted by Crippen LogP contribution is 2.13. The van der Waals surface area contributed by atoms with Gasteiger partial charge in [-0.3, -0.25) is 4.79 Å². The number of hydrogen-bond donors (Lipinski definition) is 1. The summed E-state index contributed by atoms with van der Waals surface area (Å²) >= 11 is 0. The second-order valence-corrected chi connectivity index (χ2v) is 5.21.